The summed E-state index contributed by atoms with van der Waals surface area (Å²) in [5.41, 5.74) is 3.31. The maximum atomic E-state index is 13.2. The quantitative estimate of drug-likeness (QED) is 0.483. The number of carbonyl (C=O) groups is 1. The van der Waals surface area contributed by atoms with Gasteiger partial charge in [0.05, 0.1) is 28.3 Å². The van der Waals surface area contributed by atoms with Crippen molar-refractivity contribution in [2.45, 2.75) is 45.6 Å². The zero-order valence-electron chi connectivity index (χ0n) is 18.3. The molecule has 1 aliphatic heterocycles. The number of piperidine rings is 1. The zero-order chi connectivity index (χ0) is 22.8. The summed E-state index contributed by atoms with van der Waals surface area (Å²) in [5, 5.41) is 13.7. The molecule has 2 aromatic carbocycles. The minimum atomic E-state index is -1.13. The first-order valence-electron chi connectivity index (χ1n) is 10.9. The number of nitrogens with one attached hydrogen (secondary N) is 2. The fourth-order valence-corrected chi connectivity index (χ4v) is 4.70. The lowest BCUT2D eigenvalue weighted by Crippen LogP contribution is -2.35. The van der Waals surface area contributed by atoms with Crippen molar-refractivity contribution in [3.63, 3.8) is 0 Å². The zero-order valence-corrected chi connectivity index (χ0v) is 19.0. The van der Waals surface area contributed by atoms with Gasteiger partial charge in [0.25, 0.3) is 5.56 Å². The maximum absolute atomic E-state index is 13.2. The third-order valence-electron chi connectivity index (χ3n) is 5.92. The molecule has 1 aromatic heterocycles. The topological polar surface area (TPSA) is 91.4 Å². The normalized spacial score (nSPS) is 16.3. The molecule has 1 atom stereocenters. The van der Waals surface area contributed by atoms with Gasteiger partial charge in [0.2, 0.25) is 0 Å². The van der Waals surface area contributed by atoms with Crippen LogP contribution in [-0.2, 0) is 0 Å². The highest BCUT2D eigenvalue weighted by atomic mass is 35.5. The molecule has 1 fully saturated rings. The number of rotatable bonds is 6. The van der Waals surface area contributed by atoms with Crippen LogP contribution in [-0.4, -0.2) is 35.3 Å². The molecule has 3 aromatic rings. The molecule has 1 aliphatic rings. The fourth-order valence-electron chi connectivity index (χ4n) is 4.46. The molecule has 0 amide bonds. The van der Waals surface area contributed by atoms with Gasteiger partial charge in [-0.3, -0.25) is 4.79 Å². The molecule has 7 heteroatoms. The average molecular weight is 455 g/mol. The van der Waals surface area contributed by atoms with Crippen molar-refractivity contribution >= 4 is 28.5 Å². The fraction of sp³-hybridized carbons (Fsp3) is 0.360. The number of aromatic amines is 1. The van der Waals surface area contributed by atoms with E-state index in [9.17, 15) is 14.7 Å². The van der Waals surface area contributed by atoms with Crippen LogP contribution in [0.5, 0.6) is 5.75 Å². The van der Waals surface area contributed by atoms with E-state index >= 15 is 0 Å². The molecular formula is C25H27ClN2O4. The Balaban J connectivity index is 1.85. The highest BCUT2D eigenvalue weighted by molar-refractivity contribution is 6.34. The Morgan fingerprint density at radius 2 is 1.91 bits per heavy atom. The van der Waals surface area contributed by atoms with Crippen LogP contribution in [0.25, 0.3) is 22.0 Å². The Bertz CT molecular complexity index is 1210. The van der Waals surface area contributed by atoms with Crippen LogP contribution in [0.15, 0.2) is 35.1 Å². The Kier molecular flexibility index (Phi) is 6.53. The third kappa shape index (κ3) is 4.66. The van der Waals surface area contributed by atoms with E-state index in [1.807, 2.05) is 32.0 Å². The van der Waals surface area contributed by atoms with Gasteiger partial charge in [0.1, 0.15) is 5.75 Å². The number of aromatic carboxylic acids is 1. The molecule has 0 radical (unpaired) electrons. The molecule has 1 saturated heterocycles. The Hall–Kier alpha value is -2.83. The van der Waals surface area contributed by atoms with Crippen LogP contribution in [0.2, 0.25) is 5.02 Å². The second-order valence-corrected chi connectivity index (χ2v) is 8.91. The summed E-state index contributed by atoms with van der Waals surface area (Å²) in [6.07, 6.45) is 4.29. The van der Waals surface area contributed by atoms with E-state index in [4.69, 9.17) is 16.3 Å². The first-order chi connectivity index (χ1) is 15.3. The summed E-state index contributed by atoms with van der Waals surface area (Å²) < 4.78 is 6.25. The lowest BCUT2D eigenvalue weighted by Gasteiger charge is -2.24. The van der Waals surface area contributed by atoms with Crippen molar-refractivity contribution in [3.8, 4) is 16.9 Å². The van der Waals surface area contributed by atoms with Crippen molar-refractivity contribution < 1.29 is 14.6 Å². The Morgan fingerprint density at radius 1 is 1.16 bits per heavy atom. The van der Waals surface area contributed by atoms with E-state index < -0.39 is 5.97 Å². The molecule has 2 heterocycles. The standard InChI is InChI=1S/C25H27ClN2O4/c1-14-9-15(2)11-16(10-14)22-23(32-8-6-17-5-3-4-7-27-17)19-12-18(25(30)31)20(26)13-21(19)28-24(22)29/h9-13,17,27H,3-8H2,1-2H3,(H,28,29)(H,30,31). The molecule has 1 unspecified atom stereocenters. The lowest BCUT2D eigenvalue weighted by atomic mass is 9.98. The number of fused-ring (bicyclic) bond motifs is 1. The Labute approximate surface area is 191 Å². The van der Waals surface area contributed by atoms with Gasteiger partial charge in [-0.2, -0.15) is 0 Å². The summed E-state index contributed by atoms with van der Waals surface area (Å²) in [7, 11) is 0. The molecule has 0 aliphatic carbocycles. The van der Waals surface area contributed by atoms with E-state index in [1.54, 1.807) is 0 Å². The number of carboxylic acid groups (broad SMARTS) is 1. The summed E-state index contributed by atoms with van der Waals surface area (Å²) in [5.74, 6) is -0.739. The van der Waals surface area contributed by atoms with Crippen LogP contribution in [0.4, 0.5) is 0 Å². The SMILES string of the molecule is Cc1cc(C)cc(-c2c(OCCC3CCCCN3)c3cc(C(=O)O)c(Cl)cc3[nH]c2=O)c1. The highest BCUT2D eigenvalue weighted by Gasteiger charge is 2.21. The first kappa shape index (κ1) is 22.4. The molecule has 32 heavy (non-hydrogen) atoms. The summed E-state index contributed by atoms with van der Waals surface area (Å²) in [6.45, 7) is 5.37. The van der Waals surface area contributed by atoms with Crippen molar-refractivity contribution in [2.24, 2.45) is 0 Å². The number of ether oxygens (including phenoxy) is 1. The van der Waals surface area contributed by atoms with Gasteiger partial charge in [-0.05, 0) is 57.4 Å². The van der Waals surface area contributed by atoms with E-state index in [2.05, 4.69) is 10.3 Å². The summed E-state index contributed by atoms with van der Waals surface area (Å²) >= 11 is 6.16. The minimum Gasteiger partial charge on any atom is -0.492 e. The highest BCUT2D eigenvalue weighted by Crippen LogP contribution is 2.36. The van der Waals surface area contributed by atoms with E-state index in [1.165, 1.54) is 25.0 Å². The van der Waals surface area contributed by atoms with Crippen molar-refractivity contribution in [3.05, 3.63) is 62.4 Å². The molecular weight excluding hydrogens is 428 g/mol. The van der Waals surface area contributed by atoms with Crippen molar-refractivity contribution in [1.29, 1.82) is 0 Å². The van der Waals surface area contributed by atoms with Crippen LogP contribution in [0, 0.1) is 13.8 Å². The number of benzene rings is 2. The van der Waals surface area contributed by atoms with Gasteiger partial charge in [-0.1, -0.05) is 47.3 Å². The van der Waals surface area contributed by atoms with E-state index in [-0.39, 0.29) is 16.1 Å². The Morgan fingerprint density at radius 3 is 2.56 bits per heavy atom. The number of hydrogen-bond acceptors (Lipinski definition) is 4. The van der Waals surface area contributed by atoms with Crippen LogP contribution >= 0.6 is 11.6 Å². The van der Waals surface area contributed by atoms with Crippen LogP contribution < -0.4 is 15.6 Å². The number of aromatic nitrogens is 1. The van der Waals surface area contributed by atoms with Gasteiger partial charge < -0.3 is 20.1 Å². The van der Waals surface area contributed by atoms with Gasteiger partial charge >= 0.3 is 5.97 Å². The third-order valence-corrected chi connectivity index (χ3v) is 6.23. The summed E-state index contributed by atoms with van der Waals surface area (Å²) in [4.78, 5) is 27.7. The van der Waals surface area contributed by atoms with E-state index in [0.29, 0.717) is 34.9 Å². The van der Waals surface area contributed by atoms with Crippen LogP contribution in [0.1, 0.15) is 47.2 Å². The first-order valence-corrected chi connectivity index (χ1v) is 11.3. The smallest absolute Gasteiger partial charge is 0.337 e. The number of pyridine rings is 1. The number of aryl methyl sites for hydroxylation is 2. The van der Waals surface area contributed by atoms with Crippen LogP contribution in [0.3, 0.4) is 0 Å². The minimum absolute atomic E-state index is 0.0311. The monoisotopic (exact) mass is 454 g/mol. The van der Waals surface area contributed by atoms with Crippen molar-refractivity contribution in [2.75, 3.05) is 13.2 Å². The lowest BCUT2D eigenvalue weighted by molar-refractivity contribution is 0.0697. The molecule has 168 valence electrons. The molecule has 0 spiro atoms. The molecule has 3 N–H and O–H groups in total. The van der Waals surface area contributed by atoms with Crippen molar-refractivity contribution in [1.82, 2.24) is 10.3 Å². The van der Waals surface area contributed by atoms with Gasteiger partial charge in [-0.15, -0.1) is 0 Å². The molecule has 0 bridgehead atoms. The predicted octanol–water partition coefficient (Wildman–Crippen LogP) is 5.07. The average Bonchev–Trinajstić information content (AvgIpc) is 2.73. The molecule has 4 rings (SSSR count). The number of H-pyrrole nitrogens is 1. The summed E-state index contributed by atoms with van der Waals surface area (Å²) in [6, 6.07) is 9.25. The molecule has 6 nitrogen and oxygen atoms in total. The number of halogens is 1. The second kappa shape index (κ2) is 9.35. The second-order valence-electron chi connectivity index (χ2n) is 8.50. The maximum Gasteiger partial charge on any atom is 0.337 e. The predicted molar refractivity (Wildman–Crippen MR) is 127 cm³/mol. The van der Waals surface area contributed by atoms with E-state index in [0.717, 1.165) is 36.1 Å². The number of carboxylic acids is 1. The molecule has 0 saturated carbocycles. The van der Waals surface area contributed by atoms with Gasteiger partial charge in [-0.25, -0.2) is 4.79 Å². The van der Waals surface area contributed by atoms with Gasteiger partial charge in [0, 0.05) is 11.4 Å². The van der Waals surface area contributed by atoms with Gasteiger partial charge in [0.15, 0.2) is 0 Å². The largest absolute Gasteiger partial charge is 0.492 e. The number of hydrogen-bond donors (Lipinski definition) is 3.